The van der Waals surface area contributed by atoms with Crippen molar-refractivity contribution in [3.05, 3.63) is 71.8 Å². The van der Waals surface area contributed by atoms with Crippen LogP contribution in [-0.4, -0.2) is 36.1 Å². The van der Waals surface area contributed by atoms with Gasteiger partial charge in [0.15, 0.2) is 12.2 Å². The van der Waals surface area contributed by atoms with Gasteiger partial charge >= 0.3 is 23.9 Å². The minimum atomic E-state index is -1.23. The third-order valence-corrected chi connectivity index (χ3v) is 4.32. The molecule has 174 valence electrons. The molecule has 8 nitrogen and oxygen atoms in total. The summed E-state index contributed by atoms with van der Waals surface area (Å²) in [7, 11) is 0. The Hall–Kier alpha value is -3.94. The highest BCUT2D eigenvalue weighted by Crippen LogP contribution is 2.16. The third kappa shape index (κ3) is 8.25. The smallest absolute Gasteiger partial charge is 0.352 e. The number of hydrogen-bond donors (Lipinski definition) is 0. The fourth-order valence-electron chi connectivity index (χ4n) is 2.58. The fraction of sp³-hybridized carbons (Fsp3) is 0.280. The number of aryl methyl sites for hydroxylation is 2. The van der Waals surface area contributed by atoms with E-state index in [-0.39, 0.29) is 5.57 Å². The van der Waals surface area contributed by atoms with Crippen LogP contribution in [0.15, 0.2) is 60.7 Å². The lowest BCUT2D eigenvalue weighted by Crippen LogP contribution is -2.30. The highest BCUT2D eigenvalue weighted by Gasteiger charge is 2.25. The summed E-state index contributed by atoms with van der Waals surface area (Å²) in [5.41, 5.74) is 1.56. The minimum absolute atomic E-state index is 0.241. The van der Waals surface area contributed by atoms with Crippen LogP contribution in [0.25, 0.3) is 0 Å². The first-order chi connectivity index (χ1) is 15.5. The van der Waals surface area contributed by atoms with Crippen molar-refractivity contribution in [2.24, 2.45) is 0 Å². The van der Waals surface area contributed by atoms with Gasteiger partial charge in [-0.2, -0.15) is 0 Å². The maximum atomic E-state index is 12.2. The normalized spacial score (nSPS) is 12.1. The van der Waals surface area contributed by atoms with E-state index in [0.29, 0.717) is 11.5 Å². The summed E-state index contributed by atoms with van der Waals surface area (Å²) in [5, 5.41) is 0. The molecule has 0 spiro atoms. The maximum absolute atomic E-state index is 12.2. The molecule has 0 heterocycles. The molecule has 0 N–H and O–H groups in total. The van der Waals surface area contributed by atoms with Gasteiger partial charge in [-0.1, -0.05) is 30.8 Å². The second-order valence-corrected chi connectivity index (χ2v) is 7.44. The lowest BCUT2D eigenvalue weighted by atomic mass is 10.2. The molecular weight excluding hydrogens is 428 g/mol. The zero-order valence-electron chi connectivity index (χ0n) is 19.0. The summed E-state index contributed by atoms with van der Waals surface area (Å²) in [6.45, 7) is 9.86. The van der Waals surface area contributed by atoms with Crippen LogP contribution in [-0.2, 0) is 28.7 Å². The number of carbonyl (C=O) groups is 4. The van der Waals surface area contributed by atoms with Gasteiger partial charge in [-0.3, -0.25) is 4.79 Å². The Morgan fingerprint density at radius 3 is 1.70 bits per heavy atom. The number of ether oxygens (including phenoxy) is 4. The minimum Gasteiger partial charge on any atom is -0.450 e. The quantitative estimate of drug-likeness (QED) is 0.321. The van der Waals surface area contributed by atoms with Crippen molar-refractivity contribution in [3.8, 4) is 11.5 Å². The van der Waals surface area contributed by atoms with Crippen molar-refractivity contribution < 1.29 is 38.1 Å². The topological polar surface area (TPSA) is 105 Å². The Labute approximate surface area is 192 Å². The summed E-state index contributed by atoms with van der Waals surface area (Å²) in [5.74, 6) is -2.75. The Bertz CT molecular complexity index is 1060. The number of esters is 4. The van der Waals surface area contributed by atoms with Gasteiger partial charge < -0.3 is 18.9 Å². The first kappa shape index (κ1) is 25.3. The third-order valence-electron chi connectivity index (χ3n) is 4.32. The molecule has 2 unspecified atom stereocenters. The highest BCUT2D eigenvalue weighted by molar-refractivity contribution is 5.95. The molecular formula is C25H26O8. The Morgan fingerprint density at radius 2 is 1.24 bits per heavy atom. The van der Waals surface area contributed by atoms with Crippen molar-refractivity contribution in [2.75, 3.05) is 0 Å². The lowest BCUT2D eigenvalue weighted by Gasteiger charge is -2.15. The predicted octanol–water partition coefficient (Wildman–Crippen LogP) is 3.62. The Kier molecular flexibility index (Phi) is 8.91. The van der Waals surface area contributed by atoms with Crippen LogP contribution < -0.4 is 9.47 Å². The first-order valence-electron chi connectivity index (χ1n) is 10.2. The van der Waals surface area contributed by atoms with Gasteiger partial charge in [-0.25, -0.2) is 14.4 Å². The van der Waals surface area contributed by atoms with Crippen molar-refractivity contribution in [1.29, 1.82) is 0 Å². The molecule has 0 saturated heterocycles. The molecule has 2 aromatic carbocycles. The van der Waals surface area contributed by atoms with Crippen LogP contribution in [0.3, 0.4) is 0 Å². The summed E-state index contributed by atoms with van der Waals surface area (Å²) in [4.78, 5) is 48.5. The second-order valence-electron chi connectivity index (χ2n) is 7.44. The van der Waals surface area contributed by atoms with Gasteiger partial charge in [0.05, 0.1) is 6.42 Å². The summed E-state index contributed by atoms with van der Waals surface area (Å²) < 4.78 is 20.3. The van der Waals surface area contributed by atoms with Crippen LogP contribution in [0.2, 0.25) is 0 Å². The molecule has 2 rings (SSSR count). The molecule has 0 saturated carbocycles. The SMILES string of the molecule is C=C(CC(=O)OC(C)C(=O)Oc1cccc(C)c1)C(=O)OC(C)C(=O)Oc1cccc(C)c1. The standard InChI is InChI=1S/C25H26O8/c1-15-8-6-10-20(12-15)32-24(28)18(4)30-22(26)14-17(3)23(27)31-19(5)25(29)33-21-11-7-9-16(2)13-21/h6-13,18-19H,3,14H2,1-2,4-5H3. The van der Waals surface area contributed by atoms with E-state index in [1.54, 1.807) is 36.4 Å². The van der Waals surface area contributed by atoms with E-state index in [2.05, 4.69) is 6.58 Å². The predicted molar refractivity (Wildman–Crippen MR) is 118 cm³/mol. The van der Waals surface area contributed by atoms with Gasteiger partial charge in [0.1, 0.15) is 11.5 Å². The molecule has 0 aliphatic rings. The van der Waals surface area contributed by atoms with Crippen LogP contribution in [0.1, 0.15) is 31.4 Å². The summed E-state index contributed by atoms with van der Waals surface area (Å²) in [6, 6.07) is 13.6. The molecule has 0 bridgehead atoms. The van der Waals surface area contributed by atoms with Crippen molar-refractivity contribution in [1.82, 2.24) is 0 Å². The molecule has 8 heteroatoms. The summed E-state index contributed by atoms with van der Waals surface area (Å²) in [6.07, 6.45) is -2.96. The average Bonchev–Trinajstić information content (AvgIpc) is 2.73. The highest BCUT2D eigenvalue weighted by atomic mass is 16.6. The molecule has 2 atom stereocenters. The van der Waals surface area contributed by atoms with Crippen LogP contribution in [0.4, 0.5) is 0 Å². The van der Waals surface area contributed by atoms with Crippen LogP contribution in [0, 0.1) is 13.8 Å². The first-order valence-corrected chi connectivity index (χ1v) is 10.2. The van der Waals surface area contributed by atoms with Gasteiger partial charge in [-0.15, -0.1) is 0 Å². The maximum Gasteiger partial charge on any atom is 0.352 e. The van der Waals surface area contributed by atoms with E-state index in [4.69, 9.17) is 18.9 Å². The van der Waals surface area contributed by atoms with E-state index in [0.717, 1.165) is 11.1 Å². The number of rotatable bonds is 9. The van der Waals surface area contributed by atoms with E-state index in [1.807, 2.05) is 26.0 Å². The second kappa shape index (κ2) is 11.6. The Balaban J connectivity index is 1.80. The average molecular weight is 454 g/mol. The number of benzene rings is 2. The molecule has 0 aliphatic carbocycles. The van der Waals surface area contributed by atoms with Gasteiger partial charge in [0, 0.05) is 5.57 Å². The molecule has 2 aromatic rings. The van der Waals surface area contributed by atoms with Gasteiger partial charge in [0.25, 0.3) is 0 Å². The molecule has 0 fully saturated rings. The van der Waals surface area contributed by atoms with E-state index >= 15 is 0 Å². The molecule has 0 aliphatic heterocycles. The van der Waals surface area contributed by atoms with E-state index in [9.17, 15) is 19.2 Å². The van der Waals surface area contributed by atoms with Crippen molar-refractivity contribution in [2.45, 2.75) is 46.3 Å². The molecule has 0 aromatic heterocycles. The number of carbonyl (C=O) groups excluding carboxylic acids is 4. The fourth-order valence-corrected chi connectivity index (χ4v) is 2.58. The van der Waals surface area contributed by atoms with Gasteiger partial charge in [0.2, 0.25) is 0 Å². The molecule has 0 radical (unpaired) electrons. The van der Waals surface area contributed by atoms with E-state index < -0.39 is 42.5 Å². The monoisotopic (exact) mass is 454 g/mol. The zero-order chi connectivity index (χ0) is 24.5. The largest absolute Gasteiger partial charge is 0.450 e. The molecule has 0 amide bonds. The lowest BCUT2D eigenvalue weighted by molar-refractivity contribution is -0.162. The number of hydrogen-bond acceptors (Lipinski definition) is 8. The van der Waals surface area contributed by atoms with Crippen LogP contribution >= 0.6 is 0 Å². The van der Waals surface area contributed by atoms with Crippen LogP contribution in [0.5, 0.6) is 11.5 Å². The Morgan fingerprint density at radius 1 is 0.788 bits per heavy atom. The van der Waals surface area contributed by atoms with Crippen molar-refractivity contribution >= 4 is 23.9 Å². The van der Waals surface area contributed by atoms with Crippen molar-refractivity contribution in [3.63, 3.8) is 0 Å². The van der Waals surface area contributed by atoms with E-state index in [1.165, 1.54) is 13.8 Å². The van der Waals surface area contributed by atoms with Gasteiger partial charge in [-0.05, 0) is 63.1 Å². The zero-order valence-corrected chi connectivity index (χ0v) is 19.0. The molecule has 33 heavy (non-hydrogen) atoms. The summed E-state index contributed by atoms with van der Waals surface area (Å²) >= 11 is 0.